The van der Waals surface area contributed by atoms with Crippen LogP contribution in [0, 0.1) is 13.8 Å². The molecule has 0 unspecified atom stereocenters. The second kappa shape index (κ2) is 11.4. The number of thioether (sulfide) groups is 1. The Balaban J connectivity index is 1.64. The van der Waals surface area contributed by atoms with Gasteiger partial charge in [-0.15, -0.1) is 11.8 Å². The summed E-state index contributed by atoms with van der Waals surface area (Å²) in [7, 11) is 0. The summed E-state index contributed by atoms with van der Waals surface area (Å²) in [6.07, 6.45) is 4.41. The molecule has 1 aliphatic rings. The van der Waals surface area contributed by atoms with Crippen molar-refractivity contribution in [3.05, 3.63) is 70.8 Å². The Morgan fingerprint density at radius 1 is 1.03 bits per heavy atom. The summed E-state index contributed by atoms with van der Waals surface area (Å²) in [5, 5.41) is 3.16. The number of carbonyl (C=O) groups is 2. The lowest BCUT2D eigenvalue weighted by Crippen LogP contribution is -2.50. The van der Waals surface area contributed by atoms with Gasteiger partial charge in [0, 0.05) is 18.3 Å². The normalized spacial score (nSPS) is 14.9. The van der Waals surface area contributed by atoms with E-state index in [2.05, 4.69) is 30.4 Å². The standard InChI is InChI=1S/C26H34N2O2S/c1-19-11-13-22(14-12-19)16-28(21(3)26(30)27-24-9-4-5-10-24)25(29)18-31-17-23-8-6-7-20(2)15-23/h6-8,11-15,21,24H,4-5,9-10,16-18H2,1-3H3,(H,27,30)/t21-/m1/s1. The minimum atomic E-state index is -0.492. The molecule has 166 valence electrons. The average Bonchev–Trinajstić information content (AvgIpc) is 3.26. The molecule has 0 radical (unpaired) electrons. The number of nitrogens with one attached hydrogen (secondary N) is 1. The van der Waals surface area contributed by atoms with E-state index in [1.165, 1.54) is 29.5 Å². The third-order valence-electron chi connectivity index (χ3n) is 5.92. The number of aryl methyl sites for hydroxylation is 2. The van der Waals surface area contributed by atoms with Crippen LogP contribution < -0.4 is 5.32 Å². The molecule has 2 amide bonds. The van der Waals surface area contributed by atoms with Crippen LogP contribution in [0.25, 0.3) is 0 Å². The number of hydrogen-bond donors (Lipinski definition) is 1. The molecule has 5 heteroatoms. The number of rotatable bonds is 9. The molecule has 4 nitrogen and oxygen atoms in total. The van der Waals surface area contributed by atoms with Gasteiger partial charge in [-0.1, -0.05) is 72.5 Å². The Bertz CT molecular complexity index is 875. The highest BCUT2D eigenvalue weighted by Gasteiger charge is 2.28. The quantitative estimate of drug-likeness (QED) is 0.598. The van der Waals surface area contributed by atoms with E-state index in [1.54, 1.807) is 16.7 Å². The van der Waals surface area contributed by atoms with E-state index in [9.17, 15) is 9.59 Å². The highest BCUT2D eigenvalue weighted by molar-refractivity contribution is 7.99. The van der Waals surface area contributed by atoms with E-state index in [0.29, 0.717) is 12.3 Å². The van der Waals surface area contributed by atoms with Crippen molar-refractivity contribution in [2.45, 2.75) is 70.8 Å². The Morgan fingerprint density at radius 3 is 2.42 bits per heavy atom. The topological polar surface area (TPSA) is 49.4 Å². The van der Waals surface area contributed by atoms with Gasteiger partial charge in [0.2, 0.25) is 11.8 Å². The number of amides is 2. The molecule has 1 N–H and O–H groups in total. The number of carbonyl (C=O) groups excluding carboxylic acids is 2. The van der Waals surface area contributed by atoms with E-state index < -0.39 is 6.04 Å². The van der Waals surface area contributed by atoms with Crippen LogP contribution in [0.3, 0.4) is 0 Å². The third-order valence-corrected chi connectivity index (χ3v) is 6.91. The summed E-state index contributed by atoms with van der Waals surface area (Å²) in [6.45, 7) is 6.42. The molecule has 1 atom stereocenters. The summed E-state index contributed by atoms with van der Waals surface area (Å²) in [4.78, 5) is 27.8. The molecule has 0 aromatic heterocycles. The Kier molecular flexibility index (Phi) is 8.59. The summed E-state index contributed by atoms with van der Waals surface area (Å²) in [5.74, 6) is 1.11. The Morgan fingerprint density at radius 2 is 1.74 bits per heavy atom. The lowest BCUT2D eigenvalue weighted by molar-refractivity contribution is -0.138. The Labute approximate surface area is 190 Å². The van der Waals surface area contributed by atoms with E-state index in [-0.39, 0.29) is 17.9 Å². The minimum Gasteiger partial charge on any atom is -0.352 e. The molecule has 3 rings (SSSR count). The molecule has 0 saturated heterocycles. The van der Waals surface area contributed by atoms with Gasteiger partial charge in [-0.25, -0.2) is 0 Å². The predicted octanol–water partition coefficient (Wildman–Crippen LogP) is 5.01. The van der Waals surface area contributed by atoms with Gasteiger partial charge in [-0.2, -0.15) is 0 Å². The molecule has 0 heterocycles. The van der Waals surface area contributed by atoms with Gasteiger partial charge < -0.3 is 10.2 Å². The zero-order valence-corrected chi connectivity index (χ0v) is 19.7. The number of nitrogens with zero attached hydrogens (tertiary/aromatic N) is 1. The van der Waals surface area contributed by atoms with Crippen LogP contribution in [0.15, 0.2) is 48.5 Å². The lowest BCUT2D eigenvalue weighted by Gasteiger charge is -2.29. The van der Waals surface area contributed by atoms with Crippen LogP contribution >= 0.6 is 11.8 Å². The van der Waals surface area contributed by atoms with Gasteiger partial charge in [0.25, 0.3) is 0 Å². The maximum Gasteiger partial charge on any atom is 0.242 e. The maximum atomic E-state index is 13.2. The maximum absolute atomic E-state index is 13.2. The van der Waals surface area contributed by atoms with E-state index >= 15 is 0 Å². The molecular weight excluding hydrogens is 404 g/mol. The fraction of sp³-hybridized carbons (Fsp3) is 0.462. The fourth-order valence-electron chi connectivity index (χ4n) is 4.01. The van der Waals surface area contributed by atoms with Crippen molar-refractivity contribution in [3.63, 3.8) is 0 Å². The summed E-state index contributed by atoms with van der Waals surface area (Å²) < 4.78 is 0. The lowest BCUT2D eigenvalue weighted by atomic mass is 10.1. The molecular formula is C26H34N2O2S. The molecule has 0 aliphatic heterocycles. The summed E-state index contributed by atoms with van der Waals surface area (Å²) in [5.41, 5.74) is 4.67. The van der Waals surface area contributed by atoms with Gasteiger partial charge in [-0.05, 0) is 44.7 Å². The van der Waals surface area contributed by atoms with Crippen molar-refractivity contribution in [1.29, 1.82) is 0 Å². The zero-order valence-electron chi connectivity index (χ0n) is 18.9. The van der Waals surface area contributed by atoms with E-state index in [0.717, 1.165) is 24.2 Å². The van der Waals surface area contributed by atoms with Crippen LogP contribution in [-0.4, -0.2) is 34.6 Å². The summed E-state index contributed by atoms with van der Waals surface area (Å²) >= 11 is 1.60. The second-order valence-corrected chi connectivity index (χ2v) is 9.64. The van der Waals surface area contributed by atoms with Crippen molar-refractivity contribution >= 4 is 23.6 Å². The largest absolute Gasteiger partial charge is 0.352 e. The average molecular weight is 439 g/mol. The van der Waals surface area contributed by atoms with Crippen molar-refractivity contribution in [2.24, 2.45) is 0 Å². The van der Waals surface area contributed by atoms with Crippen LogP contribution in [0.1, 0.15) is 54.9 Å². The molecule has 1 aliphatic carbocycles. The highest BCUT2D eigenvalue weighted by Crippen LogP contribution is 2.20. The van der Waals surface area contributed by atoms with Gasteiger partial charge in [-0.3, -0.25) is 9.59 Å². The third kappa shape index (κ3) is 7.13. The number of benzene rings is 2. The van der Waals surface area contributed by atoms with Crippen molar-refractivity contribution < 1.29 is 9.59 Å². The first-order chi connectivity index (χ1) is 14.9. The first-order valence-corrected chi connectivity index (χ1v) is 12.4. The Hall–Kier alpha value is -2.27. The van der Waals surface area contributed by atoms with Crippen molar-refractivity contribution in [3.8, 4) is 0 Å². The van der Waals surface area contributed by atoms with Crippen molar-refractivity contribution in [2.75, 3.05) is 5.75 Å². The van der Waals surface area contributed by atoms with Crippen LogP contribution in [0.2, 0.25) is 0 Å². The monoisotopic (exact) mass is 438 g/mol. The molecule has 2 aromatic carbocycles. The van der Waals surface area contributed by atoms with Gasteiger partial charge >= 0.3 is 0 Å². The first-order valence-electron chi connectivity index (χ1n) is 11.2. The highest BCUT2D eigenvalue weighted by atomic mass is 32.2. The van der Waals surface area contributed by atoms with Gasteiger partial charge in [0.1, 0.15) is 6.04 Å². The minimum absolute atomic E-state index is 0.00676. The van der Waals surface area contributed by atoms with Gasteiger partial charge in [0.05, 0.1) is 5.75 Å². The van der Waals surface area contributed by atoms with Gasteiger partial charge in [0.15, 0.2) is 0 Å². The van der Waals surface area contributed by atoms with Crippen LogP contribution in [0.4, 0.5) is 0 Å². The molecule has 0 spiro atoms. The van der Waals surface area contributed by atoms with Crippen LogP contribution in [-0.2, 0) is 21.9 Å². The fourth-order valence-corrected chi connectivity index (χ4v) is 4.86. The van der Waals surface area contributed by atoms with Crippen molar-refractivity contribution in [1.82, 2.24) is 10.2 Å². The molecule has 0 bridgehead atoms. The summed E-state index contributed by atoms with van der Waals surface area (Å²) in [6, 6.07) is 16.3. The van der Waals surface area contributed by atoms with E-state index in [1.807, 2.05) is 44.2 Å². The van der Waals surface area contributed by atoms with Crippen LogP contribution in [0.5, 0.6) is 0 Å². The zero-order chi connectivity index (χ0) is 22.2. The molecule has 31 heavy (non-hydrogen) atoms. The predicted molar refractivity (Wildman–Crippen MR) is 129 cm³/mol. The molecule has 2 aromatic rings. The molecule has 1 fully saturated rings. The first kappa shape index (κ1) is 23.4. The second-order valence-electron chi connectivity index (χ2n) is 8.66. The number of hydrogen-bond acceptors (Lipinski definition) is 3. The SMILES string of the molecule is Cc1ccc(CN(C(=O)CSCc2cccc(C)c2)[C@H](C)C(=O)NC2CCCC2)cc1. The molecule has 1 saturated carbocycles. The smallest absolute Gasteiger partial charge is 0.242 e. The van der Waals surface area contributed by atoms with E-state index in [4.69, 9.17) is 0 Å².